The SMILES string of the molecule is COc1ccc(C#N)cc1-c1ccccc1. The van der Waals surface area contributed by atoms with Crippen LogP contribution in [0.4, 0.5) is 0 Å². The Morgan fingerprint density at radius 1 is 1.06 bits per heavy atom. The quantitative estimate of drug-likeness (QED) is 0.760. The van der Waals surface area contributed by atoms with Crippen molar-refractivity contribution in [2.45, 2.75) is 0 Å². The molecule has 0 radical (unpaired) electrons. The molecule has 0 atom stereocenters. The largest absolute Gasteiger partial charge is 0.496 e. The van der Waals surface area contributed by atoms with Crippen molar-refractivity contribution in [3.63, 3.8) is 0 Å². The summed E-state index contributed by atoms with van der Waals surface area (Å²) >= 11 is 0. The van der Waals surface area contributed by atoms with E-state index < -0.39 is 0 Å². The molecule has 0 N–H and O–H groups in total. The molecule has 0 heterocycles. The van der Waals surface area contributed by atoms with Gasteiger partial charge in [0, 0.05) is 5.56 Å². The topological polar surface area (TPSA) is 33.0 Å². The number of nitrogens with zero attached hydrogens (tertiary/aromatic N) is 1. The van der Waals surface area contributed by atoms with Crippen LogP contribution in [0.2, 0.25) is 0 Å². The number of benzene rings is 2. The van der Waals surface area contributed by atoms with Gasteiger partial charge in [0.25, 0.3) is 0 Å². The smallest absolute Gasteiger partial charge is 0.126 e. The zero-order chi connectivity index (χ0) is 11.4. The predicted octanol–water partition coefficient (Wildman–Crippen LogP) is 3.23. The third-order valence-corrected chi connectivity index (χ3v) is 2.41. The summed E-state index contributed by atoms with van der Waals surface area (Å²) in [5, 5.41) is 8.88. The Morgan fingerprint density at radius 3 is 2.44 bits per heavy atom. The van der Waals surface area contributed by atoms with Gasteiger partial charge in [0.15, 0.2) is 0 Å². The Morgan fingerprint density at radius 2 is 1.81 bits per heavy atom. The summed E-state index contributed by atoms with van der Waals surface area (Å²) in [6.45, 7) is 0. The molecule has 2 aromatic rings. The molecule has 0 aliphatic carbocycles. The van der Waals surface area contributed by atoms with Crippen molar-refractivity contribution >= 4 is 0 Å². The van der Waals surface area contributed by atoms with Crippen LogP contribution in [0.15, 0.2) is 48.5 Å². The fraction of sp³-hybridized carbons (Fsp3) is 0.0714. The van der Waals surface area contributed by atoms with Crippen molar-refractivity contribution in [3.8, 4) is 22.9 Å². The van der Waals surface area contributed by atoms with E-state index in [1.807, 2.05) is 42.5 Å². The number of nitriles is 1. The van der Waals surface area contributed by atoms with Gasteiger partial charge < -0.3 is 4.74 Å². The molecule has 0 bridgehead atoms. The minimum atomic E-state index is 0.639. The Labute approximate surface area is 94.7 Å². The fourth-order valence-electron chi connectivity index (χ4n) is 1.62. The van der Waals surface area contributed by atoms with Gasteiger partial charge in [-0.1, -0.05) is 30.3 Å². The molecule has 2 aromatic carbocycles. The molecular formula is C14H11NO. The minimum absolute atomic E-state index is 0.639. The monoisotopic (exact) mass is 209 g/mol. The van der Waals surface area contributed by atoms with Gasteiger partial charge in [-0.2, -0.15) is 5.26 Å². The second-order valence-electron chi connectivity index (χ2n) is 3.39. The van der Waals surface area contributed by atoms with Gasteiger partial charge in [-0.15, -0.1) is 0 Å². The normalized spacial score (nSPS) is 9.50. The molecule has 0 aromatic heterocycles. The van der Waals surface area contributed by atoms with Crippen LogP contribution in [-0.4, -0.2) is 7.11 Å². The van der Waals surface area contributed by atoms with Crippen LogP contribution >= 0.6 is 0 Å². The first-order valence-corrected chi connectivity index (χ1v) is 4.98. The highest BCUT2D eigenvalue weighted by atomic mass is 16.5. The first kappa shape index (κ1) is 10.3. The van der Waals surface area contributed by atoms with E-state index in [1.165, 1.54) is 0 Å². The maximum atomic E-state index is 8.88. The molecule has 16 heavy (non-hydrogen) atoms. The summed E-state index contributed by atoms with van der Waals surface area (Å²) in [5.74, 6) is 0.783. The lowest BCUT2D eigenvalue weighted by Gasteiger charge is -2.08. The van der Waals surface area contributed by atoms with E-state index in [1.54, 1.807) is 13.2 Å². The summed E-state index contributed by atoms with van der Waals surface area (Å²) in [6, 6.07) is 17.4. The molecular weight excluding hydrogens is 198 g/mol. The molecule has 0 aliphatic heterocycles. The van der Waals surface area contributed by atoms with Gasteiger partial charge in [0.1, 0.15) is 5.75 Å². The van der Waals surface area contributed by atoms with Crippen LogP contribution in [-0.2, 0) is 0 Å². The number of hydrogen-bond acceptors (Lipinski definition) is 2. The lowest BCUT2D eigenvalue weighted by molar-refractivity contribution is 0.416. The third-order valence-electron chi connectivity index (χ3n) is 2.41. The standard InChI is InChI=1S/C14H11NO/c1-16-14-8-7-11(10-15)9-13(14)12-5-3-2-4-6-12/h2-9H,1H3. The van der Waals surface area contributed by atoms with Crippen LogP contribution in [0.5, 0.6) is 5.75 Å². The third kappa shape index (κ3) is 1.89. The number of ether oxygens (including phenoxy) is 1. The first-order valence-electron chi connectivity index (χ1n) is 4.98. The van der Waals surface area contributed by atoms with Crippen LogP contribution < -0.4 is 4.74 Å². The van der Waals surface area contributed by atoms with Gasteiger partial charge in [-0.05, 0) is 23.8 Å². The molecule has 2 nitrogen and oxygen atoms in total. The molecule has 78 valence electrons. The molecule has 2 heteroatoms. The van der Waals surface area contributed by atoms with Crippen LogP contribution in [0.25, 0.3) is 11.1 Å². The number of methoxy groups -OCH3 is 1. The molecule has 0 fully saturated rings. The Hall–Kier alpha value is -2.27. The van der Waals surface area contributed by atoms with E-state index in [0.29, 0.717) is 5.56 Å². The molecule has 0 saturated carbocycles. The minimum Gasteiger partial charge on any atom is -0.496 e. The fourth-order valence-corrected chi connectivity index (χ4v) is 1.62. The Bertz CT molecular complexity index is 526. The van der Waals surface area contributed by atoms with Gasteiger partial charge in [0.2, 0.25) is 0 Å². The van der Waals surface area contributed by atoms with Crippen molar-refractivity contribution in [3.05, 3.63) is 54.1 Å². The van der Waals surface area contributed by atoms with Gasteiger partial charge >= 0.3 is 0 Å². The molecule has 0 spiro atoms. The lowest BCUT2D eigenvalue weighted by atomic mass is 10.0. The van der Waals surface area contributed by atoms with E-state index in [2.05, 4.69) is 6.07 Å². The van der Waals surface area contributed by atoms with Gasteiger partial charge in [0.05, 0.1) is 18.7 Å². The number of rotatable bonds is 2. The van der Waals surface area contributed by atoms with Gasteiger partial charge in [-0.25, -0.2) is 0 Å². The molecule has 0 amide bonds. The van der Waals surface area contributed by atoms with Crippen molar-refractivity contribution in [2.75, 3.05) is 7.11 Å². The Kier molecular flexibility index (Phi) is 2.88. The van der Waals surface area contributed by atoms with E-state index >= 15 is 0 Å². The van der Waals surface area contributed by atoms with Crippen LogP contribution in [0.1, 0.15) is 5.56 Å². The summed E-state index contributed by atoms with van der Waals surface area (Å²) < 4.78 is 5.29. The van der Waals surface area contributed by atoms with E-state index in [-0.39, 0.29) is 0 Å². The van der Waals surface area contributed by atoms with Crippen molar-refractivity contribution in [1.29, 1.82) is 5.26 Å². The number of hydrogen-bond donors (Lipinski definition) is 0. The predicted molar refractivity (Wildman–Crippen MR) is 63.1 cm³/mol. The Balaban J connectivity index is 2.59. The summed E-state index contributed by atoms with van der Waals surface area (Å²) in [6.07, 6.45) is 0. The van der Waals surface area contributed by atoms with E-state index in [9.17, 15) is 0 Å². The van der Waals surface area contributed by atoms with E-state index in [0.717, 1.165) is 16.9 Å². The highest BCUT2D eigenvalue weighted by Crippen LogP contribution is 2.30. The average molecular weight is 209 g/mol. The summed E-state index contributed by atoms with van der Waals surface area (Å²) in [5.41, 5.74) is 2.64. The highest BCUT2D eigenvalue weighted by Gasteiger charge is 2.06. The van der Waals surface area contributed by atoms with Crippen LogP contribution in [0.3, 0.4) is 0 Å². The second-order valence-corrected chi connectivity index (χ2v) is 3.39. The zero-order valence-corrected chi connectivity index (χ0v) is 8.97. The molecule has 0 unspecified atom stereocenters. The van der Waals surface area contributed by atoms with Crippen molar-refractivity contribution in [1.82, 2.24) is 0 Å². The summed E-state index contributed by atoms with van der Waals surface area (Å²) in [4.78, 5) is 0. The zero-order valence-electron chi connectivity index (χ0n) is 8.97. The summed E-state index contributed by atoms with van der Waals surface area (Å²) in [7, 11) is 1.63. The second kappa shape index (κ2) is 4.50. The van der Waals surface area contributed by atoms with Gasteiger partial charge in [-0.3, -0.25) is 0 Å². The molecule has 0 saturated heterocycles. The average Bonchev–Trinajstić information content (AvgIpc) is 2.39. The highest BCUT2D eigenvalue weighted by molar-refractivity contribution is 5.71. The molecule has 0 aliphatic rings. The maximum Gasteiger partial charge on any atom is 0.126 e. The molecule has 2 rings (SSSR count). The van der Waals surface area contributed by atoms with Crippen molar-refractivity contribution < 1.29 is 4.74 Å². The van der Waals surface area contributed by atoms with Crippen LogP contribution in [0, 0.1) is 11.3 Å². The van der Waals surface area contributed by atoms with Crippen molar-refractivity contribution in [2.24, 2.45) is 0 Å². The van der Waals surface area contributed by atoms with E-state index in [4.69, 9.17) is 10.00 Å². The maximum absolute atomic E-state index is 8.88. The first-order chi connectivity index (χ1) is 7.85. The lowest BCUT2D eigenvalue weighted by Crippen LogP contribution is -1.88.